The van der Waals surface area contributed by atoms with Crippen LogP contribution in [0.15, 0.2) is 54.9 Å². The largest absolute Gasteiger partial charge is 0.445 e. The van der Waals surface area contributed by atoms with Gasteiger partial charge < -0.3 is 19.5 Å². The number of ether oxygens (including phenoxy) is 1. The zero-order valence-electron chi connectivity index (χ0n) is 15.4. The highest BCUT2D eigenvalue weighted by atomic mass is 32.1. The molecule has 0 atom stereocenters. The molecule has 0 spiro atoms. The third-order valence-corrected chi connectivity index (χ3v) is 5.67. The van der Waals surface area contributed by atoms with Crippen LogP contribution in [0.2, 0.25) is 0 Å². The first-order valence-corrected chi connectivity index (χ1v) is 9.79. The summed E-state index contributed by atoms with van der Waals surface area (Å²) in [5.74, 6) is -0.0518. The summed E-state index contributed by atoms with van der Waals surface area (Å²) in [5.41, 5.74) is 1.65. The first kappa shape index (κ1) is 18.2. The van der Waals surface area contributed by atoms with E-state index < -0.39 is 6.09 Å². The van der Waals surface area contributed by atoms with E-state index in [1.165, 1.54) is 11.3 Å². The van der Waals surface area contributed by atoms with Crippen molar-refractivity contribution < 1.29 is 14.3 Å². The number of thiazole rings is 1. The molecular formula is C20H20N4O3S. The molecule has 2 aromatic heterocycles. The predicted octanol–water partition coefficient (Wildman–Crippen LogP) is 2.99. The number of carbonyl (C=O) groups excluding carboxylic acids is 2. The van der Waals surface area contributed by atoms with Gasteiger partial charge in [-0.25, -0.2) is 9.78 Å². The second-order valence-electron chi connectivity index (χ2n) is 6.61. The maximum absolute atomic E-state index is 12.7. The van der Waals surface area contributed by atoms with Gasteiger partial charge in [0, 0.05) is 25.5 Å². The number of aryl methyl sites for hydroxylation is 1. The number of alkyl carbamates (subject to hydrolysis) is 1. The molecule has 1 N–H and O–H groups in total. The van der Waals surface area contributed by atoms with E-state index in [2.05, 4.69) is 10.3 Å². The Kier molecular flexibility index (Phi) is 5.12. The number of rotatable bonds is 5. The van der Waals surface area contributed by atoms with Crippen molar-refractivity contribution >= 4 is 23.3 Å². The SMILES string of the molecule is Cc1nc(-n2cccc2)sc1C(=O)N1CC(NC(=O)OCc2ccccc2)C1. The molecule has 1 fully saturated rings. The smallest absolute Gasteiger partial charge is 0.407 e. The van der Waals surface area contributed by atoms with Crippen molar-refractivity contribution in [3.05, 3.63) is 71.0 Å². The molecule has 1 aliphatic heterocycles. The summed E-state index contributed by atoms with van der Waals surface area (Å²) in [4.78, 5) is 31.4. The highest BCUT2D eigenvalue weighted by molar-refractivity contribution is 7.16. The summed E-state index contributed by atoms with van der Waals surface area (Å²) in [7, 11) is 0. The highest BCUT2D eigenvalue weighted by Gasteiger charge is 2.34. The minimum absolute atomic E-state index is 0.0518. The number of hydrogen-bond donors (Lipinski definition) is 1. The van der Waals surface area contributed by atoms with E-state index in [4.69, 9.17) is 4.74 Å². The molecule has 3 aromatic rings. The Bertz CT molecular complexity index is 963. The van der Waals surface area contributed by atoms with Crippen molar-refractivity contribution in [3.8, 4) is 5.13 Å². The van der Waals surface area contributed by atoms with Crippen LogP contribution in [0.5, 0.6) is 0 Å². The van der Waals surface area contributed by atoms with Crippen LogP contribution in [0.4, 0.5) is 4.79 Å². The van der Waals surface area contributed by atoms with Gasteiger partial charge in [-0.3, -0.25) is 4.79 Å². The Morgan fingerprint density at radius 3 is 2.61 bits per heavy atom. The molecule has 7 nitrogen and oxygen atoms in total. The van der Waals surface area contributed by atoms with E-state index in [9.17, 15) is 9.59 Å². The van der Waals surface area contributed by atoms with Gasteiger partial charge in [-0.15, -0.1) is 0 Å². The number of carbonyl (C=O) groups is 2. The number of nitrogens with zero attached hydrogens (tertiary/aromatic N) is 3. The van der Waals surface area contributed by atoms with Gasteiger partial charge in [0.1, 0.15) is 11.5 Å². The molecule has 3 heterocycles. The Morgan fingerprint density at radius 2 is 1.89 bits per heavy atom. The van der Waals surface area contributed by atoms with Gasteiger partial charge >= 0.3 is 6.09 Å². The van der Waals surface area contributed by atoms with E-state index in [0.29, 0.717) is 18.0 Å². The van der Waals surface area contributed by atoms with Crippen molar-refractivity contribution in [2.45, 2.75) is 19.6 Å². The normalized spacial score (nSPS) is 13.8. The lowest BCUT2D eigenvalue weighted by Gasteiger charge is -2.39. The molecule has 2 amide bonds. The van der Waals surface area contributed by atoms with Crippen molar-refractivity contribution in [1.29, 1.82) is 0 Å². The van der Waals surface area contributed by atoms with E-state index in [1.807, 2.05) is 66.3 Å². The summed E-state index contributed by atoms with van der Waals surface area (Å²) in [6, 6.07) is 13.2. The number of likely N-dealkylation sites (tertiary alicyclic amines) is 1. The maximum Gasteiger partial charge on any atom is 0.407 e. The molecule has 28 heavy (non-hydrogen) atoms. The van der Waals surface area contributed by atoms with E-state index in [0.717, 1.165) is 16.4 Å². The van der Waals surface area contributed by atoms with Gasteiger partial charge in [-0.2, -0.15) is 0 Å². The minimum Gasteiger partial charge on any atom is -0.445 e. The number of nitrogens with one attached hydrogen (secondary N) is 1. The van der Waals surface area contributed by atoms with Gasteiger partial charge in [0.25, 0.3) is 5.91 Å². The van der Waals surface area contributed by atoms with E-state index >= 15 is 0 Å². The van der Waals surface area contributed by atoms with Crippen LogP contribution in [0.1, 0.15) is 20.9 Å². The molecule has 0 aliphatic carbocycles. The molecule has 4 rings (SSSR count). The monoisotopic (exact) mass is 396 g/mol. The lowest BCUT2D eigenvalue weighted by molar-refractivity contribution is 0.0549. The van der Waals surface area contributed by atoms with Crippen LogP contribution in [0.25, 0.3) is 5.13 Å². The highest BCUT2D eigenvalue weighted by Crippen LogP contribution is 2.25. The predicted molar refractivity (Wildman–Crippen MR) is 106 cm³/mol. The lowest BCUT2D eigenvalue weighted by Crippen LogP contribution is -2.61. The molecule has 0 saturated carbocycles. The van der Waals surface area contributed by atoms with Gasteiger partial charge in [-0.1, -0.05) is 41.7 Å². The van der Waals surface area contributed by atoms with Gasteiger partial charge in [0.05, 0.1) is 11.7 Å². The quantitative estimate of drug-likeness (QED) is 0.719. The molecule has 8 heteroatoms. The fraction of sp³-hybridized carbons (Fsp3) is 0.250. The summed E-state index contributed by atoms with van der Waals surface area (Å²) < 4.78 is 7.10. The number of amides is 2. The summed E-state index contributed by atoms with van der Waals surface area (Å²) >= 11 is 1.37. The second-order valence-corrected chi connectivity index (χ2v) is 7.59. The van der Waals surface area contributed by atoms with Crippen molar-refractivity contribution in [3.63, 3.8) is 0 Å². The number of benzene rings is 1. The van der Waals surface area contributed by atoms with Gasteiger partial charge in [0.15, 0.2) is 5.13 Å². The molecule has 0 bridgehead atoms. The molecule has 0 radical (unpaired) electrons. The zero-order chi connectivity index (χ0) is 19.5. The summed E-state index contributed by atoms with van der Waals surface area (Å²) in [5, 5.41) is 3.56. The lowest BCUT2D eigenvalue weighted by atomic mass is 10.1. The average Bonchev–Trinajstić information content (AvgIpc) is 3.32. The topological polar surface area (TPSA) is 76.5 Å². The van der Waals surface area contributed by atoms with Crippen LogP contribution in [-0.2, 0) is 11.3 Å². The third-order valence-electron chi connectivity index (χ3n) is 4.51. The van der Waals surface area contributed by atoms with Crippen molar-refractivity contribution in [2.24, 2.45) is 0 Å². The fourth-order valence-electron chi connectivity index (χ4n) is 2.96. The summed E-state index contributed by atoms with van der Waals surface area (Å²) in [6.45, 7) is 3.00. The summed E-state index contributed by atoms with van der Waals surface area (Å²) in [6.07, 6.45) is 3.33. The van der Waals surface area contributed by atoms with Crippen LogP contribution < -0.4 is 5.32 Å². The standard InChI is InChI=1S/C20H20N4O3S/c1-14-17(28-19(21-14)23-9-5-6-10-23)18(25)24-11-16(12-24)22-20(26)27-13-15-7-3-2-4-8-15/h2-10,16H,11-13H2,1H3,(H,22,26). The van der Waals surface area contributed by atoms with Crippen molar-refractivity contribution in [1.82, 2.24) is 19.8 Å². The minimum atomic E-state index is -0.468. The fourth-order valence-corrected chi connectivity index (χ4v) is 3.97. The average molecular weight is 396 g/mol. The number of aromatic nitrogens is 2. The molecule has 1 saturated heterocycles. The van der Waals surface area contributed by atoms with Crippen LogP contribution in [0, 0.1) is 6.92 Å². The Morgan fingerprint density at radius 1 is 1.18 bits per heavy atom. The van der Waals surface area contributed by atoms with E-state index in [1.54, 1.807) is 4.90 Å². The van der Waals surface area contributed by atoms with Crippen molar-refractivity contribution in [2.75, 3.05) is 13.1 Å². The molecule has 144 valence electrons. The van der Waals surface area contributed by atoms with Crippen LogP contribution >= 0.6 is 11.3 Å². The van der Waals surface area contributed by atoms with Gasteiger partial charge in [0.2, 0.25) is 0 Å². The Labute approximate surface area is 166 Å². The maximum atomic E-state index is 12.7. The van der Waals surface area contributed by atoms with E-state index in [-0.39, 0.29) is 18.6 Å². The van der Waals surface area contributed by atoms with Crippen LogP contribution in [0.3, 0.4) is 0 Å². The Balaban J connectivity index is 1.27. The molecule has 1 aromatic carbocycles. The number of hydrogen-bond acceptors (Lipinski definition) is 5. The Hall–Kier alpha value is -3.13. The zero-order valence-corrected chi connectivity index (χ0v) is 16.2. The molecule has 0 unspecified atom stereocenters. The third kappa shape index (κ3) is 3.91. The van der Waals surface area contributed by atoms with Crippen LogP contribution in [-0.4, -0.2) is 45.6 Å². The molecular weight excluding hydrogens is 376 g/mol. The first-order chi connectivity index (χ1) is 13.6. The molecule has 1 aliphatic rings. The van der Waals surface area contributed by atoms with Gasteiger partial charge in [-0.05, 0) is 24.6 Å². The first-order valence-electron chi connectivity index (χ1n) is 8.97. The second kappa shape index (κ2) is 7.85.